The van der Waals surface area contributed by atoms with Crippen LogP contribution in [0.1, 0.15) is 55.1 Å². The highest BCUT2D eigenvalue weighted by molar-refractivity contribution is 5.98. The fourth-order valence-corrected chi connectivity index (χ4v) is 4.01. The van der Waals surface area contributed by atoms with E-state index in [2.05, 4.69) is 21.3 Å². The number of piperidine rings is 1. The summed E-state index contributed by atoms with van der Waals surface area (Å²) in [4.78, 5) is 21.1. The molecule has 1 fully saturated rings. The van der Waals surface area contributed by atoms with Gasteiger partial charge in [-0.25, -0.2) is 4.98 Å². The summed E-state index contributed by atoms with van der Waals surface area (Å²) in [7, 11) is 0. The molecule has 0 aliphatic carbocycles. The zero-order valence-electron chi connectivity index (χ0n) is 18.8. The zero-order valence-corrected chi connectivity index (χ0v) is 18.8. The van der Waals surface area contributed by atoms with Crippen molar-refractivity contribution >= 4 is 5.91 Å². The first-order chi connectivity index (χ1) is 15.8. The molecule has 9 nitrogen and oxygen atoms in total. The summed E-state index contributed by atoms with van der Waals surface area (Å²) >= 11 is 0. The molecular weight excluding hydrogens is 420 g/mol. The molecule has 2 atom stereocenters. The first-order valence-corrected chi connectivity index (χ1v) is 10.8. The lowest BCUT2D eigenvalue weighted by atomic mass is 9.98. The number of nitrogens with zero attached hydrogens (tertiary/aromatic N) is 6. The highest BCUT2D eigenvalue weighted by Gasteiger charge is 2.33. The third-order valence-electron chi connectivity index (χ3n) is 5.80. The summed E-state index contributed by atoms with van der Waals surface area (Å²) < 4.78 is 6.18. The van der Waals surface area contributed by atoms with E-state index in [1.54, 1.807) is 55.3 Å². The van der Waals surface area contributed by atoms with Crippen LogP contribution in [0, 0.1) is 11.3 Å². The van der Waals surface area contributed by atoms with Gasteiger partial charge in [-0.15, -0.1) is 0 Å². The fraction of sp³-hybridized carbons (Fsp3) is 0.375. The average Bonchev–Trinajstić information content (AvgIpc) is 3.34. The van der Waals surface area contributed by atoms with Crippen molar-refractivity contribution in [2.24, 2.45) is 0 Å². The van der Waals surface area contributed by atoms with E-state index in [1.807, 2.05) is 6.92 Å². The van der Waals surface area contributed by atoms with Gasteiger partial charge in [0.05, 0.1) is 47.4 Å². The second-order valence-electron chi connectivity index (χ2n) is 8.70. The van der Waals surface area contributed by atoms with Crippen LogP contribution in [0.2, 0.25) is 0 Å². The van der Waals surface area contributed by atoms with Gasteiger partial charge in [-0.05, 0) is 63.9 Å². The number of hydrogen-bond acceptors (Lipinski definition) is 7. The van der Waals surface area contributed by atoms with E-state index in [0.717, 1.165) is 12.8 Å². The molecule has 1 amide bonds. The molecule has 2 aromatic heterocycles. The molecule has 3 aromatic rings. The van der Waals surface area contributed by atoms with Crippen molar-refractivity contribution in [1.29, 1.82) is 5.26 Å². The first-order valence-electron chi connectivity index (χ1n) is 10.8. The summed E-state index contributed by atoms with van der Waals surface area (Å²) in [6.45, 7) is 5.72. The van der Waals surface area contributed by atoms with Crippen molar-refractivity contribution in [2.45, 2.75) is 51.4 Å². The maximum absolute atomic E-state index is 13.7. The second kappa shape index (κ2) is 9.00. The number of aliphatic hydroxyl groups is 1. The molecule has 0 saturated carbocycles. The third kappa shape index (κ3) is 4.71. The Hall–Kier alpha value is -3.77. The van der Waals surface area contributed by atoms with Crippen LogP contribution < -0.4 is 4.74 Å². The number of carbonyl (C=O) groups excluding carboxylic acids is 1. The van der Waals surface area contributed by atoms with Gasteiger partial charge in [0.1, 0.15) is 6.10 Å². The molecule has 9 heteroatoms. The quantitative estimate of drug-likeness (QED) is 0.640. The Morgan fingerprint density at radius 3 is 2.67 bits per heavy atom. The Kier molecular flexibility index (Phi) is 6.11. The van der Waals surface area contributed by atoms with Gasteiger partial charge in [0.25, 0.3) is 5.91 Å². The molecule has 3 heterocycles. The number of ether oxygens (including phenoxy) is 1. The molecule has 1 aliphatic heterocycles. The number of pyridine rings is 1. The number of carbonyl (C=O) groups is 1. The number of aromatic nitrogens is 4. The standard InChI is InChI=1S/C24H26N6O3/c1-16-6-8-18(33-22-20(24(2,3)32)5-4-10-26-22)15-29(16)23(31)19-13-17(14-25)7-9-21(19)30-27-11-12-28-30/h4-5,7,9-13,16,18,32H,6,8,15H2,1-3H3/t16-,18-/m1/s1. The van der Waals surface area contributed by atoms with E-state index in [-0.39, 0.29) is 18.1 Å². The number of amides is 1. The second-order valence-corrected chi connectivity index (χ2v) is 8.70. The topological polar surface area (TPSA) is 117 Å². The summed E-state index contributed by atoms with van der Waals surface area (Å²) in [6.07, 6.45) is 5.90. The molecule has 4 rings (SSSR count). The Balaban J connectivity index is 1.62. The van der Waals surface area contributed by atoms with Gasteiger partial charge in [-0.2, -0.15) is 20.3 Å². The van der Waals surface area contributed by atoms with Gasteiger partial charge in [-0.3, -0.25) is 4.79 Å². The number of nitriles is 1. The van der Waals surface area contributed by atoms with Gasteiger partial charge >= 0.3 is 0 Å². The summed E-state index contributed by atoms with van der Waals surface area (Å²) in [5.41, 5.74) is 0.733. The van der Waals surface area contributed by atoms with Crippen LogP contribution >= 0.6 is 0 Å². The van der Waals surface area contributed by atoms with E-state index in [1.165, 1.54) is 17.2 Å². The van der Waals surface area contributed by atoms with Gasteiger partial charge in [0, 0.05) is 17.8 Å². The molecule has 170 valence electrons. The largest absolute Gasteiger partial charge is 0.472 e. The third-order valence-corrected chi connectivity index (χ3v) is 5.80. The maximum atomic E-state index is 13.7. The lowest BCUT2D eigenvalue weighted by Crippen LogP contribution is -2.49. The molecule has 1 saturated heterocycles. The van der Waals surface area contributed by atoms with Crippen molar-refractivity contribution < 1.29 is 14.6 Å². The molecule has 0 unspecified atom stereocenters. The SMILES string of the molecule is C[C@@H]1CC[C@@H](Oc2ncccc2C(C)(C)O)CN1C(=O)c1cc(C#N)ccc1-n1nccn1. The highest BCUT2D eigenvalue weighted by Crippen LogP contribution is 2.30. The minimum atomic E-state index is -1.11. The van der Waals surface area contributed by atoms with Crippen molar-refractivity contribution in [3.63, 3.8) is 0 Å². The monoisotopic (exact) mass is 446 g/mol. The maximum Gasteiger partial charge on any atom is 0.256 e. The fourth-order valence-electron chi connectivity index (χ4n) is 4.01. The van der Waals surface area contributed by atoms with Crippen molar-refractivity contribution in [3.05, 3.63) is 65.6 Å². The van der Waals surface area contributed by atoms with Gasteiger partial charge < -0.3 is 14.7 Å². The van der Waals surface area contributed by atoms with E-state index >= 15 is 0 Å². The molecule has 1 aromatic carbocycles. The predicted molar refractivity (Wildman–Crippen MR) is 120 cm³/mol. The number of benzene rings is 1. The molecule has 0 radical (unpaired) electrons. The van der Waals surface area contributed by atoms with Crippen molar-refractivity contribution in [3.8, 4) is 17.6 Å². The van der Waals surface area contributed by atoms with Crippen LogP contribution in [0.3, 0.4) is 0 Å². The van der Waals surface area contributed by atoms with E-state index in [0.29, 0.717) is 34.8 Å². The molecule has 0 spiro atoms. The molecule has 33 heavy (non-hydrogen) atoms. The van der Waals surface area contributed by atoms with Crippen LogP contribution in [0.25, 0.3) is 5.69 Å². The number of rotatable bonds is 5. The highest BCUT2D eigenvalue weighted by atomic mass is 16.5. The molecule has 0 bridgehead atoms. The van der Waals surface area contributed by atoms with Crippen LogP contribution in [0.4, 0.5) is 0 Å². The summed E-state index contributed by atoms with van der Waals surface area (Å²) in [5.74, 6) is 0.147. The minimum Gasteiger partial charge on any atom is -0.472 e. The average molecular weight is 447 g/mol. The zero-order chi connectivity index (χ0) is 23.6. The van der Waals surface area contributed by atoms with E-state index < -0.39 is 5.60 Å². The van der Waals surface area contributed by atoms with Gasteiger partial charge in [0.15, 0.2) is 0 Å². The Labute approximate surface area is 192 Å². The lowest BCUT2D eigenvalue weighted by Gasteiger charge is -2.38. The van der Waals surface area contributed by atoms with Crippen LogP contribution in [-0.2, 0) is 5.60 Å². The van der Waals surface area contributed by atoms with Crippen LogP contribution in [-0.4, -0.2) is 54.6 Å². The summed E-state index contributed by atoms with van der Waals surface area (Å²) in [5, 5.41) is 28.1. The summed E-state index contributed by atoms with van der Waals surface area (Å²) in [6, 6.07) is 10.5. The molecular formula is C24H26N6O3. The first kappa shape index (κ1) is 22.4. The molecule has 1 aliphatic rings. The number of hydrogen-bond donors (Lipinski definition) is 1. The smallest absolute Gasteiger partial charge is 0.256 e. The van der Waals surface area contributed by atoms with Crippen LogP contribution in [0.5, 0.6) is 5.88 Å². The van der Waals surface area contributed by atoms with Crippen molar-refractivity contribution in [2.75, 3.05) is 6.54 Å². The lowest BCUT2D eigenvalue weighted by molar-refractivity contribution is 0.0325. The minimum absolute atomic E-state index is 0.0148. The van der Waals surface area contributed by atoms with E-state index in [4.69, 9.17) is 4.74 Å². The normalized spacial score (nSPS) is 18.6. The Morgan fingerprint density at radius 1 is 1.21 bits per heavy atom. The number of likely N-dealkylation sites (tertiary alicyclic amines) is 1. The van der Waals surface area contributed by atoms with Crippen LogP contribution in [0.15, 0.2) is 48.9 Å². The van der Waals surface area contributed by atoms with Gasteiger partial charge in [-0.1, -0.05) is 0 Å². The Morgan fingerprint density at radius 2 is 1.97 bits per heavy atom. The molecule has 1 N–H and O–H groups in total. The Bertz CT molecular complexity index is 1180. The predicted octanol–water partition coefficient (Wildman–Crippen LogP) is 2.83. The van der Waals surface area contributed by atoms with E-state index in [9.17, 15) is 15.2 Å². The van der Waals surface area contributed by atoms with Gasteiger partial charge in [0.2, 0.25) is 5.88 Å². The van der Waals surface area contributed by atoms with Crippen molar-refractivity contribution in [1.82, 2.24) is 24.9 Å².